The SMILES string of the molecule is CCC/C=C/C(=O)CC(O)CCc1ccccc1. The van der Waals surface area contributed by atoms with Crippen LogP contribution >= 0.6 is 0 Å². The van der Waals surface area contributed by atoms with Gasteiger partial charge in [0, 0.05) is 6.42 Å². The maximum Gasteiger partial charge on any atom is 0.157 e. The average Bonchev–Trinajstić information content (AvgIpc) is 2.38. The van der Waals surface area contributed by atoms with Gasteiger partial charge in [-0.3, -0.25) is 4.79 Å². The van der Waals surface area contributed by atoms with Gasteiger partial charge in [0.05, 0.1) is 6.10 Å². The summed E-state index contributed by atoms with van der Waals surface area (Å²) in [5, 5.41) is 9.78. The highest BCUT2D eigenvalue weighted by Crippen LogP contribution is 2.08. The third kappa shape index (κ3) is 6.36. The van der Waals surface area contributed by atoms with Gasteiger partial charge in [-0.15, -0.1) is 0 Å². The van der Waals surface area contributed by atoms with E-state index in [0.717, 1.165) is 19.3 Å². The number of unbranched alkanes of at least 4 members (excludes halogenated alkanes) is 1. The summed E-state index contributed by atoms with van der Waals surface area (Å²) in [5.41, 5.74) is 1.20. The summed E-state index contributed by atoms with van der Waals surface area (Å²) in [6.07, 6.45) is 6.58. The zero-order valence-corrected chi connectivity index (χ0v) is 11.0. The van der Waals surface area contributed by atoms with Crippen LogP contribution < -0.4 is 0 Å². The van der Waals surface area contributed by atoms with Gasteiger partial charge in [0.1, 0.15) is 0 Å². The smallest absolute Gasteiger partial charge is 0.157 e. The Bertz CT molecular complexity index is 368. The van der Waals surface area contributed by atoms with E-state index in [1.54, 1.807) is 6.08 Å². The molecule has 0 saturated heterocycles. The number of hydrogen-bond acceptors (Lipinski definition) is 2. The largest absolute Gasteiger partial charge is 0.393 e. The van der Waals surface area contributed by atoms with Crippen molar-refractivity contribution in [1.82, 2.24) is 0 Å². The molecule has 1 atom stereocenters. The first-order valence-electron chi connectivity index (χ1n) is 6.63. The average molecular weight is 246 g/mol. The first-order valence-corrected chi connectivity index (χ1v) is 6.63. The Morgan fingerprint density at radius 2 is 2.06 bits per heavy atom. The Morgan fingerprint density at radius 1 is 1.33 bits per heavy atom. The van der Waals surface area contributed by atoms with Crippen LogP contribution in [0, 0.1) is 0 Å². The van der Waals surface area contributed by atoms with Gasteiger partial charge in [-0.2, -0.15) is 0 Å². The lowest BCUT2D eigenvalue weighted by atomic mass is 10.0. The zero-order valence-electron chi connectivity index (χ0n) is 11.0. The number of aliphatic hydroxyl groups excluding tert-OH is 1. The highest BCUT2D eigenvalue weighted by atomic mass is 16.3. The van der Waals surface area contributed by atoms with Gasteiger partial charge in [-0.05, 0) is 30.9 Å². The van der Waals surface area contributed by atoms with Gasteiger partial charge in [-0.1, -0.05) is 49.8 Å². The number of ketones is 1. The van der Waals surface area contributed by atoms with Crippen LogP contribution in [-0.4, -0.2) is 17.0 Å². The van der Waals surface area contributed by atoms with Crippen molar-refractivity contribution in [2.24, 2.45) is 0 Å². The highest BCUT2D eigenvalue weighted by Gasteiger charge is 2.08. The van der Waals surface area contributed by atoms with Crippen LogP contribution in [0.5, 0.6) is 0 Å². The Hall–Kier alpha value is -1.41. The Kier molecular flexibility index (Phi) is 7.04. The minimum Gasteiger partial charge on any atom is -0.393 e. The van der Waals surface area contributed by atoms with Crippen molar-refractivity contribution < 1.29 is 9.90 Å². The van der Waals surface area contributed by atoms with E-state index in [9.17, 15) is 9.90 Å². The van der Waals surface area contributed by atoms with Crippen molar-refractivity contribution in [1.29, 1.82) is 0 Å². The molecule has 1 aromatic carbocycles. The number of allylic oxidation sites excluding steroid dienone is 2. The molecule has 1 rings (SSSR count). The van der Waals surface area contributed by atoms with Crippen LogP contribution in [0.2, 0.25) is 0 Å². The quantitative estimate of drug-likeness (QED) is 0.715. The summed E-state index contributed by atoms with van der Waals surface area (Å²) in [4.78, 5) is 11.5. The molecule has 0 radical (unpaired) electrons. The predicted octanol–water partition coefficient (Wildman–Crippen LogP) is 3.30. The van der Waals surface area contributed by atoms with Crippen LogP contribution in [0.4, 0.5) is 0 Å². The maximum atomic E-state index is 11.5. The summed E-state index contributed by atoms with van der Waals surface area (Å²) in [6.45, 7) is 2.07. The molecule has 1 N–H and O–H groups in total. The monoisotopic (exact) mass is 246 g/mol. The second kappa shape index (κ2) is 8.65. The Balaban J connectivity index is 2.25. The minimum atomic E-state index is -0.538. The molecule has 0 aromatic heterocycles. The second-order valence-electron chi connectivity index (χ2n) is 4.54. The molecule has 0 aliphatic heterocycles. The topological polar surface area (TPSA) is 37.3 Å². The van der Waals surface area contributed by atoms with Gasteiger partial charge in [-0.25, -0.2) is 0 Å². The van der Waals surface area contributed by atoms with E-state index in [2.05, 4.69) is 6.92 Å². The Labute approximate surface area is 109 Å². The summed E-state index contributed by atoms with van der Waals surface area (Å²) in [6, 6.07) is 10.0. The first-order chi connectivity index (χ1) is 8.72. The van der Waals surface area contributed by atoms with Gasteiger partial charge in [0.25, 0.3) is 0 Å². The normalized spacial score (nSPS) is 12.8. The molecule has 2 nitrogen and oxygen atoms in total. The fraction of sp³-hybridized carbons (Fsp3) is 0.438. The molecule has 0 saturated carbocycles. The van der Waals surface area contributed by atoms with Crippen molar-refractivity contribution >= 4 is 5.78 Å². The molecule has 1 aromatic rings. The molecule has 0 spiro atoms. The van der Waals surface area contributed by atoms with Crippen molar-refractivity contribution in [3.8, 4) is 0 Å². The van der Waals surface area contributed by atoms with E-state index in [-0.39, 0.29) is 12.2 Å². The fourth-order valence-corrected chi connectivity index (χ4v) is 1.76. The van der Waals surface area contributed by atoms with Crippen LogP contribution in [0.3, 0.4) is 0 Å². The number of hydrogen-bond donors (Lipinski definition) is 1. The highest BCUT2D eigenvalue weighted by molar-refractivity contribution is 5.89. The summed E-state index contributed by atoms with van der Waals surface area (Å²) >= 11 is 0. The molecule has 0 aliphatic rings. The van der Waals surface area contributed by atoms with E-state index in [1.165, 1.54) is 5.56 Å². The van der Waals surface area contributed by atoms with Crippen LogP contribution in [0.25, 0.3) is 0 Å². The van der Waals surface area contributed by atoms with Gasteiger partial charge < -0.3 is 5.11 Å². The number of carbonyl (C=O) groups is 1. The molecule has 0 heterocycles. The van der Waals surface area contributed by atoms with Gasteiger partial charge in [0.2, 0.25) is 0 Å². The van der Waals surface area contributed by atoms with Crippen molar-refractivity contribution in [2.75, 3.05) is 0 Å². The van der Waals surface area contributed by atoms with Gasteiger partial charge in [0.15, 0.2) is 5.78 Å². The van der Waals surface area contributed by atoms with Crippen LogP contribution in [-0.2, 0) is 11.2 Å². The molecular formula is C16H22O2. The van der Waals surface area contributed by atoms with E-state index in [4.69, 9.17) is 0 Å². The van der Waals surface area contributed by atoms with Crippen molar-refractivity contribution in [3.63, 3.8) is 0 Å². The van der Waals surface area contributed by atoms with Gasteiger partial charge >= 0.3 is 0 Å². The molecule has 0 bridgehead atoms. The third-order valence-electron chi connectivity index (χ3n) is 2.80. The molecule has 18 heavy (non-hydrogen) atoms. The lowest BCUT2D eigenvalue weighted by molar-refractivity contribution is -0.116. The van der Waals surface area contributed by atoms with Crippen molar-refractivity contribution in [2.45, 2.75) is 45.1 Å². The predicted molar refractivity (Wildman–Crippen MR) is 74.4 cm³/mol. The van der Waals surface area contributed by atoms with E-state index in [1.807, 2.05) is 36.4 Å². The van der Waals surface area contributed by atoms with Crippen LogP contribution in [0.15, 0.2) is 42.5 Å². The van der Waals surface area contributed by atoms with E-state index < -0.39 is 6.10 Å². The van der Waals surface area contributed by atoms with E-state index >= 15 is 0 Å². The van der Waals surface area contributed by atoms with Crippen molar-refractivity contribution in [3.05, 3.63) is 48.0 Å². The summed E-state index contributed by atoms with van der Waals surface area (Å²) < 4.78 is 0. The molecule has 0 amide bonds. The molecular weight excluding hydrogens is 224 g/mol. The number of aliphatic hydroxyl groups is 1. The minimum absolute atomic E-state index is 0.0176. The number of aryl methyl sites for hydroxylation is 1. The van der Waals surface area contributed by atoms with Crippen LogP contribution in [0.1, 0.15) is 38.2 Å². The number of rotatable bonds is 8. The maximum absolute atomic E-state index is 11.5. The molecule has 0 fully saturated rings. The lowest BCUT2D eigenvalue weighted by Gasteiger charge is -2.08. The number of carbonyl (C=O) groups excluding carboxylic acids is 1. The molecule has 1 unspecified atom stereocenters. The summed E-state index contributed by atoms with van der Waals surface area (Å²) in [7, 11) is 0. The zero-order chi connectivity index (χ0) is 13.2. The molecule has 98 valence electrons. The summed E-state index contributed by atoms with van der Waals surface area (Å²) in [5.74, 6) is 0.0176. The first kappa shape index (κ1) is 14.7. The molecule has 2 heteroatoms. The Morgan fingerprint density at radius 3 is 2.72 bits per heavy atom. The lowest BCUT2D eigenvalue weighted by Crippen LogP contribution is -2.12. The fourth-order valence-electron chi connectivity index (χ4n) is 1.76. The molecule has 0 aliphatic carbocycles. The third-order valence-corrected chi connectivity index (χ3v) is 2.80. The number of benzene rings is 1. The standard InChI is InChI=1S/C16H22O2/c1-2-3-5-10-15(17)13-16(18)12-11-14-8-6-4-7-9-14/h4-10,16,18H,2-3,11-13H2,1H3/b10-5+. The second-order valence-corrected chi connectivity index (χ2v) is 4.54. The van der Waals surface area contributed by atoms with E-state index in [0.29, 0.717) is 6.42 Å².